The summed E-state index contributed by atoms with van der Waals surface area (Å²) in [6, 6.07) is 0. The average molecular weight is 312 g/mol. The zero-order chi connectivity index (χ0) is 17.3. The van der Waals surface area contributed by atoms with Crippen molar-refractivity contribution in [2.75, 3.05) is 13.6 Å². The Kier molecular flexibility index (Phi) is 8.30. The molecule has 2 N–H and O–H groups in total. The van der Waals surface area contributed by atoms with Gasteiger partial charge in [-0.25, -0.2) is 4.79 Å². The minimum Gasteiger partial charge on any atom is -0.481 e. The first kappa shape index (κ1) is 20.0. The molecular weight excluding hydrogens is 284 g/mol. The number of amides is 1. The Bertz CT molecular complexity index is 448. The molecule has 0 bridgehead atoms. The Labute approximate surface area is 132 Å². The first-order valence-electron chi connectivity index (χ1n) is 7.35. The lowest BCUT2D eigenvalue weighted by molar-refractivity contribution is -0.137. The van der Waals surface area contributed by atoms with Gasteiger partial charge in [-0.15, -0.1) is 0 Å². The second kappa shape index (κ2) is 9.12. The fourth-order valence-corrected chi connectivity index (χ4v) is 1.60. The van der Waals surface area contributed by atoms with Gasteiger partial charge in [0.1, 0.15) is 11.4 Å². The van der Waals surface area contributed by atoms with Gasteiger partial charge < -0.3 is 15.2 Å². The number of nitrogens with one attached hydrogen (secondary N) is 1. The van der Waals surface area contributed by atoms with Gasteiger partial charge in [0.25, 0.3) is 0 Å². The zero-order valence-electron chi connectivity index (χ0n) is 14.4. The molecule has 126 valence electrons. The average Bonchev–Trinajstić information content (AvgIpc) is 2.38. The summed E-state index contributed by atoms with van der Waals surface area (Å²) in [6.07, 6.45) is 3.59. The zero-order valence-corrected chi connectivity index (χ0v) is 14.4. The molecule has 0 heterocycles. The number of carbonyl (C=O) groups is 2. The van der Waals surface area contributed by atoms with Gasteiger partial charge in [0, 0.05) is 20.0 Å². The molecule has 0 aliphatic rings. The Morgan fingerprint density at radius 3 is 2.32 bits per heavy atom. The molecule has 0 rings (SSSR count). The molecule has 0 saturated heterocycles. The summed E-state index contributed by atoms with van der Waals surface area (Å²) in [6.45, 7) is 9.47. The second-order valence-electron chi connectivity index (χ2n) is 5.94. The summed E-state index contributed by atoms with van der Waals surface area (Å²) >= 11 is 0. The highest BCUT2D eigenvalue weighted by Crippen LogP contribution is 2.15. The van der Waals surface area contributed by atoms with Crippen LogP contribution in [0, 0.1) is 0 Å². The third-order valence-corrected chi connectivity index (χ3v) is 2.75. The van der Waals surface area contributed by atoms with Gasteiger partial charge in [-0.05, 0) is 47.1 Å². The SMILES string of the molecule is C/C=C(C)\C=C(/NC)N(CCCC(=O)O)C(=O)OC(C)(C)C. The molecule has 0 aromatic heterocycles. The van der Waals surface area contributed by atoms with E-state index in [2.05, 4.69) is 5.32 Å². The van der Waals surface area contributed by atoms with Crippen LogP contribution in [-0.2, 0) is 9.53 Å². The number of carboxylic acid groups (broad SMARTS) is 1. The van der Waals surface area contributed by atoms with Crippen molar-refractivity contribution in [2.45, 2.75) is 53.1 Å². The van der Waals surface area contributed by atoms with E-state index in [-0.39, 0.29) is 13.0 Å². The van der Waals surface area contributed by atoms with Crippen LogP contribution in [0.1, 0.15) is 47.5 Å². The molecule has 22 heavy (non-hydrogen) atoms. The minimum atomic E-state index is -0.885. The van der Waals surface area contributed by atoms with Crippen molar-refractivity contribution in [3.63, 3.8) is 0 Å². The van der Waals surface area contributed by atoms with E-state index in [0.29, 0.717) is 12.2 Å². The Hall–Kier alpha value is -1.98. The van der Waals surface area contributed by atoms with Crippen molar-refractivity contribution in [1.29, 1.82) is 0 Å². The van der Waals surface area contributed by atoms with Crippen LogP contribution < -0.4 is 5.32 Å². The van der Waals surface area contributed by atoms with Crippen molar-refractivity contribution in [1.82, 2.24) is 10.2 Å². The molecule has 6 heteroatoms. The standard InChI is InChI=1S/C16H28N2O4/c1-7-12(2)11-13(17-6)18(10-8-9-14(19)20)15(21)22-16(3,4)5/h7,11,17H,8-10H2,1-6H3,(H,19,20)/b12-7-,13-11+. The van der Waals surface area contributed by atoms with E-state index in [0.717, 1.165) is 5.57 Å². The molecule has 6 nitrogen and oxygen atoms in total. The fraction of sp³-hybridized carbons (Fsp3) is 0.625. The van der Waals surface area contributed by atoms with Crippen molar-refractivity contribution in [3.05, 3.63) is 23.5 Å². The van der Waals surface area contributed by atoms with Crippen LogP contribution >= 0.6 is 0 Å². The highest BCUT2D eigenvalue weighted by atomic mass is 16.6. The first-order valence-corrected chi connectivity index (χ1v) is 7.35. The van der Waals surface area contributed by atoms with Gasteiger partial charge in [0.05, 0.1) is 0 Å². The van der Waals surface area contributed by atoms with Gasteiger partial charge in [-0.2, -0.15) is 0 Å². The fourth-order valence-electron chi connectivity index (χ4n) is 1.60. The number of ether oxygens (including phenoxy) is 1. The normalized spacial score (nSPS) is 12.8. The molecular formula is C16H28N2O4. The minimum absolute atomic E-state index is 0.00110. The molecule has 0 unspecified atom stereocenters. The number of rotatable bonds is 7. The van der Waals surface area contributed by atoms with Crippen molar-refractivity contribution < 1.29 is 19.4 Å². The van der Waals surface area contributed by atoms with E-state index in [9.17, 15) is 9.59 Å². The lowest BCUT2D eigenvalue weighted by atomic mass is 10.2. The van der Waals surface area contributed by atoms with Crippen LogP contribution in [0.5, 0.6) is 0 Å². The van der Waals surface area contributed by atoms with E-state index >= 15 is 0 Å². The number of aliphatic carboxylic acids is 1. The summed E-state index contributed by atoms with van der Waals surface area (Å²) < 4.78 is 5.39. The predicted molar refractivity (Wildman–Crippen MR) is 86.4 cm³/mol. The maximum atomic E-state index is 12.4. The van der Waals surface area contributed by atoms with Crippen LogP contribution in [0.25, 0.3) is 0 Å². The first-order chi connectivity index (χ1) is 10.1. The maximum absolute atomic E-state index is 12.4. The molecule has 0 radical (unpaired) electrons. The predicted octanol–water partition coefficient (Wildman–Crippen LogP) is 3.12. The highest BCUT2D eigenvalue weighted by molar-refractivity contribution is 5.71. The molecule has 0 aliphatic carbocycles. The van der Waals surface area contributed by atoms with Crippen LogP contribution in [0.15, 0.2) is 23.5 Å². The number of allylic oxidation sites excluding steroid dienone is 3. The van der Waals surface area contributed by atoms with E-state index in [1.165, 1.54) is 4.90 Å². The van der Waals surface area contributed by atoms with Crippen LogP contribution in [0.2, 0.25) is 0 Å². The molecule has 0 spiro atoms. The lowest BCUT2D eigenvalue weighted by Gasteiger charge is -2.29. The van der Waals surface area contributed by atoms with Gasteiger partial charge >= 0.3 is 12.1 Å². The lowest BCUT2D eigenvalue weighted by Crippen LogP contribution is -2.40. The third-order valence-electron chi connectivity index (χ3n) is 2.75. The number of hydrogen-bond acceptors (Lipinski definition) is 4. The summed E-state index contributed by atoms with van der Waals surface area (Å²) in [5, 5.41) is 11.7. The van der Waals surface area contributed by atoms with Gasteiger partial charge in [0.2, 0.25) is 0 Å². The topological polar surface area (TPSA) is 78.9 Å². The van der Waals surface area contributed by atoms with Crippen LogP contribution in [0.4, 0.5) is 4.79 Å². The summed E-state index contributed by atoms with van der Waals surface area (Å²) in [5.41, 5.74) is 0.368. The number of nitrogens with zero attached hydrogens (tertiary/aromatic N) is 1. The Morgan fingerprint density at radius 1 is 1.32 bits per heavy atom. The Morgan fingerprint density at radius 2 is 1.91 bits per heavy atom. The Balaban J connectivity index is 5.24. The van der Waals surface area contributed by atoms with Crippen LogP contribution in [-0.4, -0.2) is 41.3 Å². The number of carbonyl (C=O) groups excluding carboxylic acids is 1. The molecule has 1 amide bonds. The molecule has 0 atom stereocenters. The van der Waals surface area contributed by atoms with E-state index in [1.54, 1.807) is 27.8 Å². The van der Waals surface area contributed by atoms with Gasteiger partial charge in [-0.3, -0.25) is 9.69 Å². The molecule has 0 aromatic rings. The summed E-state index contributed by atoms with van der Waals surface area (Å²) in [7, 11) is 1.71. The van der Waals surface area contributed by atoms with E-state index < -0.39 is 17.7 Å². The third kappa shape index (κ3) is 8.34. The second-order valence-corrected chi connectivity index (χ2v) is 5.94. The van der Waals surface area contributed by atoms with Gasteiger partial charge in [-0.1, -0.05) is 11.6 Å². The monoisotopic (exact) mass is 312 g/mol. The summed E-state index contributed by atoms with van der Waals surface area (Å²) in [5.74, 6) is -0.306. The van der Waals surface area contributed by atoms with E-state index in [1.807, 2.05) is 26.0 Å². The van der Waals surface area contributed by atoms with Crippen molar-refractivity contribution in [2.24, 2.45) is 0 Å². The number of carboxylic acids is 1. The van der Waals surface area contributed by atoms with Crippen molar-refractivity contribution in [3.8, 4) is 0 Å². The van der Waals surface area contributed by atoms with E-state index in [4.69, 9.17) is 9.84 Å². The molecule has 0 fully saturated rings. The smallest absolute Gasteiger partial charge is 0.415 e. The number of hydrogen-bond donors (Lipinski definition) is 2. The maximum Gasteiger partial charge on any atom is 0.415 e. The molecule has 0 saturated carbocycles. The largest absolute Gasteiger partial charge is 0.481 e. The van der Waals surface area contributed by atoms with Crippen LogP contribution in [0.3, 0.4) is 0 Å². The van der Waals surface area contributed by atoms with Crippen molar-refractivity contribution >= 4 is 12.1 Å². The molecule has 0 aromatic carbocycles. The quantitative estimate of drug-likeness (QED) is 0.706. The van der Waals surface area contributed by atoms with Gasteiger partial charge in [0.15, 0.2) is 0 Å². The highest BCUT2D eigenvalue weighted by Gasteiger charge is 2.24. The molecule has 0 aliphatic heterocycles. The summed E-state index contributed by atoms with van der Waals surface area (Å²) in [4.78, 5) is 24.5.